The first-order chi connectivity index (χ1) is 7.72. The van der Waals surface area contributed by atoms with Gasteiger partial charge in [-0.3, -0.25) is 0 Å². The first-order valence-electron chi connectivity index (χ1n) is 5.43. The van der Waals surface area contributed by atoms with Gasteiger partial charge >= 0.3 is 5.97 Å². The lowest BCUT2D eigenvalue weighted by Gasteiger charge is -2.10. The number of rotatable bonds is 3. The molecule has 1 aromatic rings. The molecular formula is C11H14N2O3. The first kappa shape index (κ1) is 11.0. The second-order valence-electron chi connectivity index (χ2n) is 3.75. The van der Waals surface area contributed by atoms with Crippen molar-refractivity contribution in [2.24, 2.45) is 0 Å². The van der Waals surface area contributed by atoms with Gasteiger partial charge in [0, 0.05) is 12.8 Å². The van der Waals surface area contributed by atoms with Crippen molar-refractivity contribution in [1.29, 1.82) is 0 Å². The average Bonchev–Trinajstić information content (AvgIpc) is 2.81. The number of ether oxygens (including phenoxy) is 1. The maximum absolute atomic E-state index is 10.9. The molecule has 0 spiro atoms. The molecule has 0 radical (unpaired) electrons. The first-order valence-corrected chi connectivity index (χ1v) is 5.43. The molecule has 1 aromatic heterocycles. The minimum Gasteiger partial charge on any atom is -0.478 e. The SMILES string of the molecule is CCc1nc(C2CCCO2)ncc1C(=O)O. The van der Waals surface area contributed by atoms with E-state index in [4.69, 9.17) is 9.84 Å². The monoisotopic (exact) mass is 222 g/mol. The molecule has 0 bridgehead atoms. The molecule has 2 heterocycles. The topological polar surface area (TPSA) is 72.3 Å². The predicted molar refractivity (Wildman–Crippen MR) is 56.3 cm³/mol. The fourth-order valence-electron chi connectivity index (χ4n) is 1.82. The number of aromatic nitrogens is 2. The van der Waals surface area contributed by atoms with Crippen LogP contribution in [-0.4, -0.2) is 27.7 Å². The maximum Gasteiger partial charge on any atom is 0.339 e. The zero-order valence-corrected chi connectivity index (χ0v) is 9.14. The number of nitrogens with zero attached hydrogens (tertiary/aromatic N) is 2. The highest BCUT2D eigenvalue weighted by molar-refractivity contribution is 5.88. The van der Waals surface area contributed by atoms with Crippen LogP contribution in [0.5, 0.6) is 0 Å². The van der Waals surface area contributed by atoms with Crippen LogP contribution in [0, 0.1) is 0 Å². The van der Waals surface area contributed by atoms with Crippen molar-refractivity contribution < 1.29 is 14.6 Å². The average molecular weight is 222 g/mol. The number of aromatic carboxylic acids is 1. The van der Waals surface area contributed by atoms with E-state index in [1.807, 2.05) is 6.92 Å². The zero-order chi connectivity index (χ0) is 11.5. The van der Waals surface area contributed by atoms with E-state index >= 15 is 0 Å². The Morgan fingerprint density at radius 1 is 1.69 bits per heavy atom. The molecular weight excluding hydrogens is 208 g/mol. The Balaban J connectivity index is 2.32. The van der Waals surface area contributed by atoms with Gasteiger partial charge in [0.25, 0.3) is 0 Å². The van der Waals surface area contributed by atoms with E-state index in [1.165, 1.54) is 6.20 Å². The van der Waals surface area contributed by atoms with Crippen LogP contribution in [0.2, 0.25) is 0 Å². The van der Waals surface area contributed by atoms with Gasteiger partial charge in [0.15, 0.2) is 5.82 Å². The summed E-state index contributed by atoms with van der Waals surface area (Å²) in [6.45, 7) is 2.62. The Hall–Kier alpha value is -1.49. The van der Waals surface area contributed by atoms with Gasteiger partial charge in [-0.05, 0) is 19.3 Å². The van der Waals surface area contributed by atoms with Crippen LogP contribution in [0.4, 0.5) is 0 Å². The van der Waals surface area contributed by atoms with E-state index in [9.17, 15) is 4.79 Å². The Morgan fingerprint density at radius 2 is 2.50 bits per heavy atom. The molecule has 86 valence electrons. The molecule has 16 heavy (non-hydrogen) atoms. The summed E-state index contributed by atoms with van der Waals surface area (Å²) >= 11 is 0. The van der Waals surface area contributed by atoms with E-state index in [2.05, 4.69) is 9.97 Å². The highest BCUT2D eigenvalue weighted by Crippen LogP contribution is 2.26. The molecule has 5 heteroatoms. The van der Waals surface area contributed by atoms with E-state index in [-0.39, 0.29) is 11.7 Å². The van der Waals surface area contributed by atoms with Crippen LogP contribution in [0.1, 0.15) is 47.7 Å². The van der Waals surface area contributed by atoms with Gasteiger partial charge < -0.3 is 9.84 Å². The minimum atomic E-state index is -0.976. The van der Waals surface area contributed by atoms with Crippen molar-refractivity contribution in [2.75, 3.05) is 6.61 Å². The molecule has 1 atom stereocenters. The van der Waals surface area contributed by atoms with Crippen LogP contribution in [0.3, 0.4) is 0 Å². The fourth-order valence-corrected chi connectivity index (χ4v) is 1.82. The van der Waals surface area contributed by atoms with Crippen molar-refractivity contribution in [2.45, 2.75) is 32.3 Å². The van der Waals surface area contributed by atoms with Crippen molar-refractivity contribution in [3.05, 3.63) is 23.3 Å². The molecule has 1 fully saturated rings. The third-order valence-electron chi connectivity index (χ3n) is 2.67. The van der Waals surface area contributed by atoms with Gasteiger partial charge in [-0.25, -0.2) is 14.8 Å². The largest absolute Gasteiger partial charge is 0.478 e. The van der Waals surface area contributed by atoms with Crippen LogP contribution in [0.25, 0.3) is 0 Å². The molecule has 5 nitrogen and oxygen atoms in total. The second kappa shape index (κ2) is 4.57. The van der Waals surface area contributed by atoms with Gasteiger partial charge in [-0.15, -0.1) is 0 Å². The number of carboxylic acid groups (broad SMARTS) is 1. The van der Waals surface area contributed by atoms with E-state index in [0.29, 0.717) is 17.9 Å². The van der Waals surface area contributed by atoms with Gasteiger partial charge in [-0.2, -0.15) is 0 Å². The maximum atomic E-state index is 10.9. The van der Waals surface area contributed by atoms with E-state index in [0.717, 1.165) is 19.4 Å². The lowest BCUT2D eigenvalue weighted by molar-refractivity contribution is 0.0693. The lowest BCUT2D eigenvalue weighted by Crippen LogP contribution is -2.10. The summed E-state index contributed by atoms with van der Waals surface area (Å²) in [6.07, 6.45) is 3.83. The van der Waals surface area contributed by atoms with Gasteiger partial charge in [0.1, 0.15) is 6.10 Å². The minimum absolute atomic E-state index is 0.0619. The third-order valence-corrected chi connectivity index (χ3v) is 2.67. The number of aryl methyl sites for hydroxylation is 1. The molecule has 0 amide bonds. The third kappa shape index (κ3) is 2.04. The quantitative estimate of drug-likeness (QED) is 0.840. The summed E-state index contributed by atoms with van der Waals surface area (Å²) in [5.74, 6) is -0.366. The van der Waals surface area contributed by atoms with Gasteiger partial charge in [-0.1, -0.05) is 6.92 Å². The molecule has 1 N–H and O–H groups in total. The number of carbonyl (C=O) groups is 1. The Morgan fingerprint density at radius 3 is 3.06 bits per heavy atom. The predicted octanol–water partition coefficient (Wildman–Crippen LogP) is 1.59. The number of hydrogen-bond acceptors (Lipinski definition) is 4. The van der Waals surface area contributed by atoms with Crippen molar-refractivity contribution in [3.8, 4) is 0 Å². The number of carboxylic acids is 1. The summed E-state index contributed by atoms with van der Waals surface area (Å²) in [5.41, 5.74) is 0.761. The van der Waals surface area contributed by atoms with Gasteiger partial charge in [0.2, 0.25) is 0 Å². The summed E-state index contributed by atoms with van der Waals surface area (Å²) in [4.78, 5) is 19.3. The van der Waals surface area contributed by atoms with Crippen LogP contribution < -0.4 is 0 Å². The molecule has 1 aliphatic rings. The van der Waals surface area contributed by atoms with Crippen LogP contribution >= 0.6 is 0 Å². The molecule has 0 saturated carbocycles. The van der Waals surface area contributed by atoms with E-state index < -0.39 is 5.97 Å². The van der Waals surface area contributed by atoms with Crippen molar-refractivity contribution in [1.82, 2.24) is 9.97 Å². The summed E-state index contributed by atoms with van der Waals surface area (Å²) < 4.78 is 5.47. The van der Waals surface area contributed by atoms with E-state index in [1.54, 1.807) is 0 Å². The molecule has 1 saturated heterocycles. The number of hydrogen-bond donors (Lipinski definition) is 1. The second-order valence-corrected chi connectivity index (χ2v) is 3.75. The highest BCUT2D eigenvalue weighted by Gasteiger charge is 2.22. The molecule has 1 unspecified atom stereocenters. The van der Waals surface area contributed by atoms with Crippen molar-refractivity contribution >= 4 is 5.97 Å². The Labute approximate surface area is 93.5 Å². The van der Waals surface area contributed by atoms with Crippen LogP contribution in [-0.2, 0) is 11.2 Å². The smallest absolute Gasteiger partial charge is 0.339 e. The molecule has 0 aliphatic carbocycles. The lowest BCUT2D eigenvalue weighted by atomic mass is 10.1. The standard InChI is InChI=1S/C11H14N2O3/c1-2-8-7(11(14)15)6-12-10(13-8)9-4-3-5-16-9/h6,9H,2-5H2,1H3,(H,14,15). The normalized spacial score (nSPS) is 19.9. The van der Waals surface area contributed by atoms with Crippen molar-refractivity contribution in [3.63, 3.8) is 0 Å². The summed E-state index contributed by atoms with van der Waals surface area (Å²) in [6, 6.07) is 0. The van der Waals surface area contributed by atoms with Crippen LogP contribution in [0.15, 0.2) is 6.20 Å². The summed E-state index contributed by atoms with van der Waals surface area (Å²) in [5, 5.41) is 8.94. The molecule has 0 aromatic carbocycles. The Kier molecular flexibility index (Phi) is 3.14. The van der Waals surface area contributed by atoms with Gasteiger partial charge in [0.05, 0.1) is 11.3 Å². The molecule has 1 aliphatic heterocycles. The molecule has 2 rings (SSSR count). The summed E-state index contributed by atoms with van der Waals surface area (Å²) in [7, 11) is 0. The zero-order valence-electron chi connectivity index (χ0n) is 9.14. The Bertz CT molecular complexity index is 400. The fraction of sp³-hybridized carbons (Fsp3) is 0.545. The highest BCUT2D eigenvalue weighted by atomic mass is 16.5.